The molecule has 0 aromatic heterocycles. The van der Waals surface area contributed by atoms with Crippen LogP contribution in [-0.4, -0.2) is 57.0 Å². The van der Waals surface area contributed by atoms with Gasteiger partial charge >= 0.3 is 5.97 Å². The van der Waals surface area contributed by atoms with Crippen molar-refractivity contribution < 1.29 is 32.5 Å². The van der Waals surface area contributed by atoms with Gasteiger partial charge in [-0.1, -0.05) is 82.1 Å². The number of quaternary nitrogens is 1. The lowest BCUT2D eigenvalue weighted by molar-refractivity contribution is -0.870. The first kappa shape index (κ1) is 34.0. The Kier molecular flexibility index (Phi) is 18.4. The summed E-state index contributed by atoms with van der Waals surface area (Å²) < 4.78 is 29.0. The summed E-state index contributed by atoms with van der Waals surface area (Å²) in [5.41, 5.74) is 0. The van der Waals surface area contributed by atoms with E-state index >= 15 is 0 Å². The second-order valence-electron chi connectivity index (χ2n) is 11.4. The number of rotatable bonds is 6. The van der Waals surface area contributed by atoms with Crippen molar-refractivity contribution in [2.75, 3.05) is 34.3 Å². The van der Waals surface area contributed by atoms with Gasteiger partial charge in [0.2, 0.25) is 0 Å². The van der Waals surface area contributed by atoms with Gasteiger partial charge in [0, 0.05) is 6.42 Å². The number of allylic oxidation sites excluding steroid dienone is 3. The van der Waals surface area contributed by atoms with Gasteiger partial charge in [-0.3, -0.25) is 9.36 Å². The van der Waals surface area contributed by atoms with Crippen LogP contribution in [0.4, 0.5) is 0 Å². The lowest BCUT2D eigenvalue weighted by atomic mass is 10.0. The molecule has 0 aromatic carbocycles. The normalized spacial score (nSPS) is 26.8. The Hall–Kier alpha value is -0.980. The molecule has 0 aromatic rings. The van der Waals surface area contributed by atoms with Crippen molar-refractivity contribution in [2.45, 2.75) is 122 Å². The Balaban J connectivity index is 2.65. The van der Waals surface area contributed by atoms with Crippen LogP contribution in [0.5, 0.6) is 0 Å². The molecular formula is C29H54NO6P. The molecule has 0 spiro atoms. The molecule has 0 bridgehead atoms. The third-order valence-electron chi connectivity index (χ3n) is 6.46. The van der Waals surface area contributed by atoms with Crippen LogP contribution < -0.4 is 4.89 Å². The van der Waals surface area contributed by atoms with E-state index in [0.717, 1.165) is 32.1 Å². The van der Waals surface area contributed by atoms with Crippen LogP contribution in [0, 0.1) is 0 Å². The zero-order valence-corrected chi connectivity index (χ0v) is 24.9. The quantitative estimate of drug-likeness (QED) is 0.157. The standard InChI is InChI=1S/C29H54NO6P/c1-27-22-20-18-16-14-12-10-8-6-5-7-9-11-13-15-17-19-21-23-28(26-29(31)35-27)36-37(32,33)34-25-24-30(2,3)4/h10,12,18,20,27-28H,5-9,11,13-17,19,21-26H2,1-4H3/b12-10+,20-18+/t27-,28-/m1/s1. The molecule has 3 atom stereocenters. The largest absolute Gasteiger partial charge is 0.756 e. The number of ether oxygens (including phenoxy) is 1. The second kappa shape index (κ2) is 20.0. The number of phosphoric ester groups is 1. The molecular weight excluding hydrogens is 489 g/mol. The summed E-state index contributed by atoms with van der Waals surface area (Å²) in [6, 6.07) is 0. The van der Waals surface area contributed by atoms with Gasteiger partial charge in [0.05, 0.1) is 33.7 Å². The maximum atomic E-state index is 12.6. The predicted molar refractivity (Wildman–Crippen MR) is 149 cm³/mol. The average Bonchev–Trinajstić information content (AvgIpc) is 2.78. The molecule has 8 heteroatoms. The van der Waals surface area contributed by atoms with Crippen molar-refractivity contribution in [3.63, 3.8) is 0 Å². The van der Waals surface area contributed by atoms with E-state index in [2.05, 4.69) is 18.2 Å². The number of nitrogens with zero attached hydrogens (tertiary/aromatic N) is 1. The summed E-state index contributed by atoms with van der Waals surface area (Å²) in [5, 5.41) is 0. The number of hydrogen-bond donors (Lipinski definition) is 0. The first-order chi connectivity index (χ1) is 17.6. The number of carbonyl (C=O) groups excluding carboxylic acids is 1. The fourth-order valence-electron chi connectivity index (χ4n) is 4.22. The van der Waals surface area contributed by atoms with E-state index in [9.17, 15) is 14.3 Å². The summed E-state index contributed by atoms with van der Waals surface area (Å²) in [4.78, 5) is 25.0. The van der Waals surface area contributed by atoms with Crippen LogP contribution in [0.25, 0.3) is 0 Å². The maximum absolute atomic E-state index is 12.6. The van der Waals surface area contributed by atoms with Gasteiger partial charge in [-0.2, -0.15) is 0 Å². The summed E-state index contributed by atoms with van der Waals surface area (Å²) in [5.74, 6) is -0.436. The third kappa shape index (κ3) is 21.6. The van der Waals surface area contributed by atoms with E-state index in [1.807, 2.05) is 34.1 Å². The number of carbonyl (C=O) groups is 1. The van der Waals surface area contributed by atoms with E-state index < -0.39 is 19.9 Å². The Morgan fingerprint density at radius 1 is 0.892 bits per heavy atom. The lowest BCUT2D eigenvalue weighted by Gasteiger charge is -2.30. The molecule has 37 heavy (non-hydrogen) atoms. The highest BCUT2D eigenvalue weighted by Crippen LogP contribution is 2.41. The molecule has 1 heterocycles. The Labute approximate surface area is 226 Å². The molecule has 0 fully saturated rings. The van der Waals surface area contributed by atoms with E-state index in [4.69, 9.17) is 13.8 Å². The fraction of sp³-hybridized carbons (Fsp3) is 0.828. The molecule has 1 rings (SSSR count). The first-order valence-corrected chi connectivity index (χ1v) is 16.0. The molecule has 0 N–H and O–H groups in total. The van der Waals surface area contributed by atoms with Crippen LogP contribution in [-0.2, 0) is 23.1 Å². The van der Waals surface area contributed by atoms with Gasteiger partial charge in [-0.25, -0.2) is 0 Å². The first-order valence-electron chi connectivity index (χ1n) is 14.5. The minimum absolute atomic E-state index is 0.0423. The van der Waals surface area contributed by atoms with Gasteiger partial charge in [0.15, 0.2) is 0 Å². The van der Waals surface area contributed by atoms with Gasteiger partial charge in [0.1, 0.15) is 19.3 Å². The summed E-state index contributed by atoms with van der Waals surface area (Å²) in [6.07, 6.45) is 23.7. The zero-order chi connectivity index (χ0) is 27.4. The molecule has 1 aliphatic heterocycles. The molecule has 216 valence electrons. The van der Waals surface area contributed by atoms with E-state index in [1.165, 1.54) is 51.4 Å². The molecule has 0 saturated heterocycles. The summed E-state index contributed by atoms with van der Waals surface area (Å²) in [7, 11) is 1.37. The van der Waals surface area contributed by atoms with Gasteiger partial charge in [0.25, 0.3) is 7.82 Å². The Bertz CT molecular complexity index is 703. The lowest BCUT2D eigenvalue weighted by Crippen LogP contribution is -2.37. The molecule has 0 aliphatic carbocycles. The molecule has 0 amide bonds. The highest BCUT2D eigenvalue weighted by atomic mass is 31.2. The van der Waals surface area contributed by atoms with Crippen molar-refractivity contribution in [1.29, 1.82) is 0 Å². The van der Waals surface area contributed by atoms with Crippen LogP contribution in [0.15, 0.2) is 24.3 Å². The Morgan fingerprint density at radius 2 is 1.43 bits per heavy atom. The molecule has 0 radical (unpaired) electrons. The van der Waals surface area contributed by atoms with Crippen molar-refractivity contribution in [3.8, 4) is 0 Å². The predicted octanol–water partition coefficient (Wildman–Crippen LogP) is 6.86. The fourth-order valence-corrected chi connectivity index (χ4v) is 5.13. The number of esters is 1. The summed E-state index contributed by atoms with van der Waals surface area (Å²) >= 11 is 0. The molecule has 0 saturated carbocycles. The second-order valence-corrected chi connectivity index (χ2v) is 12.8. The number of hydrogen-bond acceptors (Lipinski definition) is 6. The minimum atomic E-state index is -4.51. The van der Waals surface area contributed by atoms with Crippen molar-refractivity contribution in [3.05, 3.63) is 24.3 Å². The smallest absolute Gasteiger partial charge is 0.308 e. The number of likely N-dealkylation sites (N-methyl/N-ethyl adjacent to an activating group) is 1. The highest BCUT2D eigenvalue weighted by molar-refractivity contribution is 7.45. The average molecular weight is 544 g/mol. The van der Waals surface area contributed by atoms with Gasteiger partial charge in [-0.05, 0) is 39.0 Å². The zero-order valence-electron chi connectivity index (χ0n) is 24.0. The van der Waals surface area contributed by atoms with Gasteiger partial charge < -0.3 is 23.2 Å². The van der Waals surface area contributed by atoms with Crippen LogP contribution in [0.2, 0.25) is 0 Å². The van der Waals surface area contributed by atoms with Gasteiger partial charge in [-0.15, -0.1) is 0 Å². The number of phosphoric acid groups is 1. The Morgan fingerprint density at radius 3 is 2.05 bits per heavy atom. The summed E-state index contributed by atoms with van der Waals surface area (Å²) in [6.45, 7) is 2.43. The van der Waals surface area contributed by atoms with Crippen molar-refractivity contribution in [1.82, 2.24) is 0 Å². The van der Waals surface area contributed by atoms with Crippen molar-refractivity contribution >= 4 is 13.8 Å². The van der Waals surface area contributed by atoms with Crippen LogP contribution in [0.1, 0.15) is 110 Å². The SMILES string of the molecule is C[C@@H]1C/C=C/CC/C=C/CCCCCCCCCCCC[C@@H](OP(=O)([O-])OCC[N+](C)(C)C)CC(=O)O1. The van der Waals surface area contributed by atoms with E-state index in [1.54, 1.807) is 0 Å². The van der Waals surface area contributed by atoms with Crippen LogP contribution >= 0.6 is 7.82 Å². The topological polar surface area (TPSA) is 84.9 Å². The van der Waals surface area contributed by atoms with E-state index in [-0.39, 0.29) is 19.1 Å². The molecule has 7 nitrogen and oxygen atoms in total. The van der Waals surface area contributed by atoms with Crippen molar-refractivity contribution in [2.24, 2.45) is 0 Å². The molecule has 1 unspecified atom stereocenters. The van der Waals surface area contributed by atoms with E-state index in [0.29, 0.717) is 23.9 Å². The third-order valence-corrected chi connectivity index (χ3v) is 7.52. The highest BCUT2D eigenvalue weighted by Gasteiger charge is 2.23. The minimum Gasteiger partial charge on any atom is -0.756 e. The van der Waals surface area contributed by atoms with Crippen LogP contribution in [0.3, 0.4) is 0 Å². The molecule has 1 aliphatic rings. The maximum Gasteiger partial charge on any atom is 0.308 e. The monoisotopic (exact) mass is 543 g/mol. The number of cyclic esters (lactones) is 1.